The topological polar surface area (TPSA) is 110 Å². The summed E-state index contributed by atoms with van der Waals surface area (Å²) < 4.78 is 5.85. The Morgan fingerprint density at radius 3 is 2.39 bits per heavy atom. The summed E-state index contributed by atoms with van der Waals surface area (Å²) in [6, 6.07) is 5.43. The van der Waals surface area contributed by atoms with Gasteiger partial charge in [0, 0.05) is 23.6 Å². The molecule has 2 aromatic carbocycles. The first-order valence-corrected chi connectivity index (χ1v) is 7.35. The minimum atomic E-state index is -0.938. The quantitative estimate of drug-likeness (QED) is 0.542. The molecule has 1 heterocycles. The molecule has 3 rings (SSSR count). The molecule has 0 bridgehead atoms. The second-order valence-corrected chi connectivity index (χ2v) is 5.61. The smallest absolute Gasteiger partial charge is 0.157 e. The van der Waals surface area contributed by atoms with E-state index in [4.69, 9.17) is 4.74 Å². The van der Waals surface area contributed by atoms with Crippen molar-refractivity contribution in [3.8, 4) is 28.7 Å². The highest BCUT2D eigenvalue weighted by atomic mass is 16.5. The van der Waals surface area contributed by atoms with Crippen LogP contribution in [0.4, 0.5) is 0 Å². The van der Waals surface area contributed by atoms with Gasteiger partial charge in [0.2, 0.25) is 0 Å². The Hall–Kier alpha value is -2.60. The predicted molar refractivity (Wildman–Crippen MR) is 82.0 cm³/mol. The molecule has 6 heteroatoms. The summed E-state index contributed by atoms with van der Waals surface area (Å²) in [4.78, 5) is 0. The first-order valence-electron chi connectivity index (χ1n) is 7.35. The Morgan fingerprint density at radius 1 is 1.00 bits per heavy atom. The van der Waals surface area contributed by atoms with Crippen molar-refractivity contribution < 1.29 is 30.3 Å². The number of aliphatic hydroxyl groups is 1. The van der Waals surface area contributed by atoms with Crippen LogP contribution in [-0.2, 0) is 12.8 Å². The van der Waals surface area contributed by atoms with E-state index >= 15 is 0 Å². The third-order valence-electron chi connectivity index (χ3n) is 4.13. The molecule has 1 aliphatic rings. The van der Waals surface area contributed by atoms with Gasteiger partial charge >= 0.3 is 0 Å². The number of phenolic OH excluding ortho intramolecular Hbond substituents is 4. The molecule has 122 valence electrons. The molecule has 0 saturated carbocycles. The molecule has 0 radical (unpaired) electrons. The lowest BCUT2D eigenvalue weighted by Gasteiger charge is -2.33. The van der Waals surface area contributed by atoms with Crippen molar-refractivity contribution in [2.45, 2.75) is 32.0 Å². The lowest BCUT2D eigenvalue weighted by atomic mass is 9.91. The zero-order chi connectivity index (χ0) is 16.7. The molecular weight excluding hydrogens is 300 g/mol. The Morgan fingerprint density at radius 2 is 1.74 bits per heavy atom. The number of phenols is 4. The first-order chi connectivity index (χ1) is 10.9. The number of ether oxygens (including phenoxy) is 1. The molecule has 2 aromatic rings. The van der Waals surface area contributed by atoms with Crippen molar-refractivity contribution in [3.63, 3.8) is 0 Å². The van der Waals surface area contributed by atoms with E-state index in [1.807, 2.05) is 6.92 Å². The van der Waals surface area contributed by atoms with Crippen LogP contribution in [-0.4, -0.2) is 31.6 Å². The van der Waals surface area contributed by atoms with Crippen molar-refractivity contribution in [2.24, 2.45) is 0 Å². The molecule has 0 amide bonds. The number of benzene rings is 2. The average molecular weight is 318 g/mol. The van der Waals surface area contributed by atoms with Gasteiger partial charge in [-0.2, -0.15) is 0 Å². The summed E-state index contributed by atoms with van der Waals surface area (Å²) in [5.41, 5.74) is 1.49. The minimum absolute atomic E-state index is 0.0626. The Labute approximate surface area is 132 Å². The molecule has 6 nitrogen and oxygen atoms in total. The van der Waals surface area contributed by atoms with Gasteiger partial charge in [0.15, 0.2) is 11.5 Å². The minimum Gasteiger partial charge on any atom is -0.507 e. The Balaban J connectivity index is 2.07. The summed E-state index contributed by atoms with van der Waals surface area (Å²) in [5, 5.41) is 49.3. The fourth-order valence-corrected chi connectivity index (χ4v) is 2.93. The van der Waals surface area contributed by atoms with Crippen LogP contribution >= 0.6 is 0 Å². The fraction of sp³-hybridized carbons (Fsp3) is 0.294. The summed E-state index contributed by atoms with van der Waals surface area (Å²) in [6.07, 6.45) is -1.06. The molecule has 0 fully saturated rings. The van der Waals surface area contributed by atoms with E-state index in [-0.39, 0.29) is 29.4 Å². The number of aromatic hydroxyl groups is 4. The third-order valence-corrected chi connectivity index (χ3v) is 4.13. The molecule has 0 aliphatic carbocycles. The Kier molecular flexibility index (Phi) is 3.69. The van der Waals surface area contributed by atoms with Crippen molar-refractivity contribution in [1.82, 2.24) is 0 Å². The van der Waals surface area contributed by atoms with E-state index in [1.54, 1.807) is 6.07 Å². The number of fused-ring (bicyclic) bond motifs is 1. The second kappa shape index (κ2) is 5.55. The van der Waals surface area contributed by atoms with E-state index < -0.39 is 12.2 Å². The number of rotatable bonds is 2. The standard InChI is InChI=1S/C17H18O6/c1-2-9-12(19)7-13(20)10-6-15(22)16(23-17(9)10)8-3-4-11(18)14(21)5-8/h3-5,7,15-16,18-22H,2,6H2,1H3. The summed E-state index contributed by atoms with van der Waals surface area (Å²) in [7, 11) is 0. The molecule has 23 heavy (non-hydrogen) atoms. The van der Waals surface area contributed by atoms with Crippen LogP contribution in [0.25, 0.3) is 0 Å². The highest BCUT2D eigenvalue weighted by Gasteiger charge is 2.34. The van der Waals surface area contributed by atoms with Crippen LogP contribution in [0.2, 0.25) is 0 Å². The molecule has 5 N–H and O–H groups in total. The summed E-state index contributed by atoms with van der Waals surface area (Å²) >= 11 is 0. The van der Waals surface area contributed by atoms with Gasteiger partial charge in [-0.3, -0.25) is 0 Å². The summed E-state index contributed by atoms with van der Waals surface area (Å²) in [5.74, 6) is -0.399. The van der Waals surface area contributed by atoms with Gasteiger partial charge in [-0.05, 0) is 24.1 Å². The molecule has 0 aromatic heterocycles. The van der Waals surface area contributed by atoms with Crippen LogP contribution in [0.15, 0.2) is 24.3 Å². The lowest BCUT2D eigenvalue weighted by Crippen LogP contribution is -2.31. The monoisotopic (exact) mass is 318 g/mol. The van der Waals surface area contributed by atoms with E-state index in [2.05, 4.69) is 0 Å². The third kappa shape index (κ3) is 2.51. The van der Waals surface area contributed by atoms with E-state index in [1.165, 1.54) is 18.2 Å². The fourth-order valence-electron chi connectivity index (χ4n) is 2.93. The van der Waals surface area contributed by atoms with Crippen molar-refractivity contribution in [2.75, 3.05) is 0 Å². The van der Waals surface area contributed by atoms with Crippen LogP contribution in [0, 0.1) is 0 Å². The van der Waals surface area contributed by atoms with Crippen LogP contribution < -0.4 is 4.74 Å². The largest absolute Gasteiger partial charge is 0.507 e. The maximum absolute atomic E-state index is 10.3. The average Bonchev–Trinajstić information content (AvgIpc) is 2.51. The van der Waals surface area contributed by atoms with E-state index in [0.717, 1.165) is 0 Å². The lowest BCUT2D eigenvalue weighted by molar-refractivity contribution is 0.0190. The molecule has 2 atom stereocenters. The Bertz CT molecular complexity index is 755. The maximum atomic E-state index is 10.3. The van der Waals surface area contributed by atoms with Crippen LogP contribution in [0.1, 0.15) is 29.7 Å². The van der Waals surface area contributed by atoms with Gasteiger partial charge in [-0.25, -0.2) is 0 Å². The highest BCUT2D eigenvalue weighted by molar-refractivity contribution is 5.58. The van der Waals surface area contributed by atoms with Crippen LogP contribution in [0.5, 0.6) is 28.7 Å². The first kappa shape index (κ1) is 15.3. The van der Waals surface area contributed by atoms with Crippen molar-refractivity contribution in [1.29, 1.82) is 0 Å². The van der Waals surface area contributed by atoms with Crippen LogP contribution in [0.3, 0.4) is 0 Å². The van der Waals surface area contributed by atoms with Gasteiger partial charge in [0.1, 0.15) is 23.4 Å². The zero-order valence-electron chi connectivity index (χ0n) is 12.5. The molecule has 2 unspecified atom stereocenters. The van der Waals surface area contributed by atoms with Gasteiger partial charge in [0.25, 0.3) is 0 Å². The van der Waals surface area contributed by atoms with Crippen molar-refractivity contribution in [3.05, 3.63) is 41.0 Å². The maximum Gasteiger partial charge on any atom is 0.157 e. The summed E-state index contributed by atoms with van der Waals surface area (Å²) in [6.45, 7) is 1.85. The van der Waals surface area contributed by atoms with Gasteiger partial charge < -0.3 is 30.3 Å². The molecular formula is C17H18O6. The molecule has 0 saturated heterocycles. The number of aliphatic hydroxyl groups excluding tert-OH is 1. The van der Waals surface area contributed by atoms with Gasteiger partial charge in [-0.15, -0.1) is 0 Å². The SMILES string of the molecule is CCc1c(O)cc(O)c2c1OC(c1ccc(O)c(O)c1)C(O)C2. The number of hydrogen-bond donors (Lipinski definition) is 5. The second-order valence-electron chi connectivity index (χ2n) is 5.61. The van der Waals surface area contributed by atoms with E-state index in [9.17, 15) is 25.5 Å². The zero-order valence-corrected chi connectivity index (χ0v) is 12.5. The highest BCUT2D eigenvalue weighted by Crippen LogP contribution is 2.46. The normalized spacial score (nSPS) is 19.9. The van der Waals surface area contributed by atoms with Crippen molar-refractivity contribution >= 4 is 0 Å². The molecule has 0 spiro atoms. The van der Waals surface area contributed by atoms with Gasteiger partial charge in [0.05, 0.1) is 6.10 Å². The van der Waals surface area contributed by atoms with E-state index in [0.29, 0.717) is 28.9 Å². The predicted octanol–water partition coefficient (Wildman–Crippen LogP) is 2.11. The number of hydrogen-bond acceptors (Lipinski definition) is 6. The molecule has 1 aliphatic heterocycles. The van der Waals surface area contributed by atoms with Gasteiger partial charge in [-0.1, -0.05) is 13.0 Å².